The fraction of sp³-hybridized carbons (Fsp3) is 0.500. The Kier molecular flexibility index (Phi) is 6.33. The normalized spacial score (nSPS) is 16.7. The third-order valence-electron chi connectivity index (χ3n) is 2.24. The molecule has 1 atom stereocenters. The summed E-state index contributed by atoms with van der Waals surface area (Å²) < 4.78 is 9.74. The van der Waals surface area contributed by atoms with Gasteiger partial charge in [0.05, 0.1) is 24.9 Å². The third kappa shape index (κ3) is 6.74. The first-order valence-electron chi connectivity index (χ1n) is 6.07. The Labute approximate surface area is 103 Å². The predicted octanol–water partition coefficient (Wildman–Crippen LogP) is 3.05. The highest BCUT2D eigenvalue weighted by Crippen LogP contribution is 2.04. The average molecular weight is 236 g/mol. The first kappa shape index (κ1) is 13.7. The number of carbonyl (C=O) groups excluding carboxylic acids is 1. The van der Waals surface area contributed by atoms with Crippen LogP contribution in [0.5, 0.6) is 0 Å². The summed E-state index contributed by atoms with van der Waals surface area (Å²) in [7, 11) is 0. The zero-order chi connectivity index (χ0) is 12.5. The number of carbonyl (C=O) groups is 1. The lowest BCUT2D eigenvalue weighted by molar-refractivity contribution is 0.0500. The van der Waals surface area contributed by atoms with Gasteiger partial charge in [-0.25, -0.2) is 4.79 Å². The fourth-order valence-electron chi connectivity index (χ4n) is 1.06. The Morgan fingerprint density at radius 3 is 2.47 bits per heavy atom. The number of esters is 1. The molecule has 0 aromatic heterocycles. The Balaban J connectivity index is 0.000000302. The number of epoxide rings is 1. The third-order valence-corrected chi connectivity index (χ3v) is 2.24. The van der Waals surface area contributed by atoms with Gasteiger partial charge in [-0.2, -0.15) is 0 Å². The van der Waals surface area contributed by atoms with E-state index >= 15 is 0 Å². The van der Waals surface area contributed by atoms with Crippen LogP contribution in [0.25, 0.3) is 0 Å². The van der Waals surface area contributed by atoms with Gasteiger partial charge >= 0.3 is 5.97 Å². The lowest BCUT2D eigenvalue weighted by Gasteiger charge is -2.02. The van der Waals surface area contributed by atoms with E-state index in [0.717, 1.165) is 19.4 Å². The molecule has 3 heteroatoms. The van der Waals surface area contributed by atoms with E-state index in [0.29, 0.717) is 18.3 Å². The molecule has 1 saturated heterocycles. The molecule has 1 fully saturated rings. The highest BCUT2D eigenvalue weighted by atomic mass is 16.6. The van der Waals surface area contributed by atoms with Gasteiger partial charge in [-0.3, -0.25) is 0 Å². The van der Waals surface area contributed by atoms with E-state index in [1.807, 2.05) is 18.2 Å². The topological polar surface area (TPSA) is 38.8 Å². The van der Waals surface area contributed by atoms with Gasteiger partial charge in [0.15, 0.2) is 0 Å². The monoisotopic (exact) mass is 236 g/mol. The van der Waals surface area contributed by atoms with Gasteiger partial charge < -0.3 is 9.47 Å². The van der Waals surface area contributed by atoms with E-state index in [1.54, 1.807) is 12.1 Å². The molecule has 2 rings (SSSR count). The lowest BCUT2D eigenvalue weighted by atomic mass is 10.2. The van der Waals surface area contributed by atoms with E-state index in [1.165, 1.54) is 0 Å². The van der Waals surface area contributed by atoms with Crippen molar-refractivity contribution in [2.45, 2.75) is 32.8 Å². The molecule has 0 saturated carbocycles. The minimum atomic E-state index is -0.228. The molecule has 17 heavy (non-hydrogen) atoms. The zero-order valence-corrected chi connectivity index (χ0v) is 10.5. The van der Waals surface area contributed by atoms with Crippen molar-refractivity contribution in [3.05, 3.63) is 35.9 Å². The number of hydrogen-bond donors (Lipinski definition) is 0. The minimum Gasteiger partial charge on any atom is -0.462 e. The van der Waals surface area contributed by atoms with Gasteiger partial charge in [0.2, 0.25) is 0 Å². The number of rotatable bonds is 4. The molecule has 1 unspecified atom stereocenters. The molecule has 1 aromatic carbocycles. The highest BCUT2D eigenvalue weighted by molar-refractivity contribution is 5.89. The van der Waals surface area contributed by atoms with Gasteiger partial charge in [0, 0.05) is 0 Å². The van der Waals surface area contributed by atoms with Crippen LogP contribution >= 0.6 is 0 Å². The largest absolute Gasteiger partial charge is 0.462 e. The summed E-state index contributed by atoms with van der Waals surface area (Å²) in [4.78, 5) is 11.3. The molecule has 1 aliphatic heterocycles. The second-order valence-corrected chi connectivity index (χ2v) is 4.00. The van der Waals surface area contributed by atoms with Crippen molar-refractivity contribution in [3.63, 3.8) is 0 Å². The first-order valence-corrected chi connectivity index (χ1v) is 6.07. The maximum Gasteiger partial charge on any atom is 0.338 e. The van der Waals surface area contributed by atoms with Crippen molar-refractivity contribution in [1.29, 1.82) is 0 Å². The molecular formula is C14H20O3. The maximum atomic E-state index is 11.3. The SMILES string of the molecule is CC1CO1.CCCCOC(=O)c1ccccc1. The van der Waals surface area contributed by atoms with Crippen molar-refractivity contribution in [2.75, 3.05) is 13.2 Å². The van der Waals surface area contributed by atoms with Crippen molar-refractivity contribution in [2.24, 2.45) is 0 Å². The van der Waals surface area contributed by atoms with Gasteiger partial charge in [0.1, 0.15) is 0 Å². The van der Waals surface area contributed by atoms with Crippen molar-refractivity contribution < 1.29 is 14.3 Å². The van der Waals surface area contributed by atoms with Gasteiger partial charge in [0.25, 0.3) is 0 Å². The molecule has 1 heterocycles. The number of ether oxygens (including phenoxy) is 2. The molecule has 0 N–H and O–H groups in total. The molecule has 0 spiro atoms. The molecule has 3 nitrogen and oxygen atoms in total. The summed E-state index contributed by atoms with van der Waals surface area (Å²) in [5.41, 5.74) is 0.624. The Morgan fingerprint density at radius 2 is 2.00 bits per heavy atom. The Bertz CT molecular complexity index is 317. The summed E-state index contributed by atoms with van der Waals surface area (Å²) in [6, 6.07) is 9.05. The zero-order valence-electron chi connectivity index (χ0n) is 10.5. The van der Waals surface area contributed by atoms with E-state index in [2.05, 4.69) is 13.8 Å². The smallest absolute Gasteiger partial charge is 0.338 e. The summed E-state index contributed by atoms with van der Waals surface area (Å²) in [6.07, 6.45) is 2.56. The second kappa shape index (κ2) is 7.85. The summed E-state index contributed by atoms with van der Waals surface area (Å²) in [5, 5.41) is 0. The first-order chi connectivity index (χ1) is 8.24. The van der Waals surface area contributed by atoms with Crippen LogP contribution in [0.2, 0.25) is 0 Å². The number of hydrogen-bond acceptors (Lipinski definition) is 3. The Morgan fingerprint density at radius 1 is 1.41 bits per heavy atom. The summed E-state index contributed by atoms with van der Waals surface area (Å²) in [6.45, 7) is 5.63. The molecule has 0 amide bonds. The van der Waals surface area contributed by atoms with Gasteiger partial charge in [-0.1, -0.05) is 31.5 Å². The quantitative estimate of drug-likeness (QED) is 0.458. The maximum absolute atomic E-state index is 11.3. The molecule has 1 aromatic rings. The number of benzene rings is 1. The second-order valence-electron chi connectivity index (χ2n) is 4.00. The molecular weight excluding hydrogens is 216 g/mol. The highest BCUT2D eigenvalue weighted by Gasteiger charge is 2.13. The molecule has 0 bridgehead atoms. The minimum absolute atomic E-state index is 0.228. The lowest BCUT2D eigenvalue weighted by Crippen LogP contribution is -2.05. The van der Waals surface area contributed by atoms with E-state index in [-0.39, 0.29) is 5.97 Å². The van der Waals surface area contributed by atoms with Crippen LogP contribution in [0.4, 0.5) is 0 Å². The van der Waals surface area contributed by atoms with E-state index in [4.69, 9.17) is 9.47 Å². The standard InChI is InChI=1S/C11H14O2.C3H6O/c1-2-3-9-13-11(12)10-7-5-4-6-8-10;1-3-2-4-3/h4-8H,2-3,9H2,1H3;3H,2H2,1H3. The van der Waals surface area contributed by atoms with Crippen LogP contribution < -0.4 is 0 Å². The molecule has 0 radical (unpaired) electrons. The van der Waals surface area contributed by atoms with Crippen molar-refractivity contribution in [3.8, 4) is 0 Å². The van der Waals surface area contributed by atoms with E-state index < -0.39 is 0 Å². The van der Waals surface area contributed by atoms with Crippen LogP contribution in [0.3, 0.4) is 0 Å². The average Bonchev–Trinajstić information content (AvgIpc) is 3.14. The van der Waals surface area contributed by atoms with Crippen molar-refractivity contribution in [1.82, 2.24) is 0 Å². The fourth-order valence-corrected chi connectivity index (χ4v) is 1.06. The van der Waals surface area contributed by atoms with Crippen molar-refractivity contribution >= 4 is 5.97 Å². The van der Waals surface area contributed by atoms with Gasteiger partial charge in [-0.05, 0) is 25.5 Å². The van der Waals surface area contributed by atoms with E-state index in [9.17, 15) is 4.79 Å². The van der Waals surface area contributed by atoms with Crippen LogP contribution in [0, 0.1) is 0 Å². The Hall–Kier alpha value is -1.35. The van der Waals surface area contributed by atoms with Crippen LogP contribution in [-0.4, -0.2) is 25.3 Å². The van der Waals surface area contributed by atoms with Crippen LogP contribution in [0.15, 0.2) is 30.3 Å². The summed E-state index contributed by atoms with van der Waals surface area (Å²) in [5.74, 6) is -0.228. The number of unbranched alkanes of at least 4 members (excludes halogenated alkanes) is 1. The summed E-state index contributed by atoms with van der Waals surface area (Å²) >= 11 is 0. The molecule has 94 valence electrons. The van der Waals surface area contributed by atoms with Gasteiger partial charge in [-0.15, -0.1) is 0 Å². The van der Waals surface area contributed by atoms with Crippen LogP contribution in [0.1, 0.15) is 37.0 Å². The molecule has 1 aliphatic rings. The van der Waals surface area contributed by atoms with Crippen LogP contribution in [-0.2, 0) is 9.47 Å². The predicted molar refractivity (Wildman–Crippen MR) is 67.0 cm³/mol. The molecule has 0 aliphatic carbocycles.